The van der Waals surface area contributed by atoms with Crippen LogP contribution in [0.2, 0.25) is 0 Å². The summed E-state index contributed by atoms with van der Waals surface area (Å²) in [7, 11) is -3.89. The highest BCUT2D eigenvalue weighted by Gasteiger charge is 2.23. The summed E-state index contributed by atoms with van der Waals surface area (Å²) in [6.45, 7) is 4.40. The Hall–Kier alpha value is -3.20. The van der Waals surface area contributed by atoms with Crippen LogP contribution in [0.4, 0.5) is 0 Å². The smallest absolute Gasteiger partial charge is 0.252 e. The molecule has 1 atom stereocenters. The first-order valence-electron chi connectivity index (χ1n) is 10.4. The van der Waals surface area contributed by atoms with E-state index in [9.17, 15) is 23.4 Å². The van der Waals surface area contributed by atoms with Crippen molar-refractivity contribution in [2.45, 2.75) is 41.7 Å². The Morgan fingerprint density at radius 1 is 1.00 bits per heavy atom. The van der Waals surface area contributed by atoms with Crippen molar-refractivity contribution in [2.24, 2.45) is 5.73 Å². The number of aromatic hydroxyl groups is 1. The fourth-order valence-electron chi connectivity index (χ4n) is 3.54. The van der Waals surface area contributed by atoms with Crippen molar-refractivity contribution >= 4 is 15.7 Å². The molecule has 3 rings (SSSR count). The fraction of sp³-hybridized carbons (Fsp3) is 0.240. The molecule has 1 amide bonds. The number of hydrogen-bond donors (Lipinski definition) is 4. The number of carbonyl (C=O) groups is 1. The van der Waals surface area contributed by atoms with Gasteiger partial charge < -0.3 is 21.3 Å². The molecule has 174 valence electrons. The summed E-state index contributed by atoms with van der Waals surface area (Å²) in [4.78, 5) is 11.4. The van der Waals surface area contributed by atoms with Crippen LogP contribution in [0.3, 0.4) is 0 Å². The molecule has 0 fully saturated rings. The van der Waals surface area contributed by atoms with E-state index in [1.54, 1.807) is 12.1 Å². The van der Waals surface area contributed by atoms with Crippen LogP contribution in [0, 0.1) is 0 Å². The number of carbonyl (C=O) groups excluding carboxylic acids is 1. The number of nitrogens with one attached hydrogen (secondary N) is 1. The molecule has 0 saturated heterocycles. The lowest BCUT2D eigenvalue weighted by Crippen LogP contribution is -2.43. The maximum absolute atomic E-state index is 13.0. The van der Waals surface area contributed by atoms with Crippen molar-refractivity contribution in [3.05, 3.63) is 89.5 Å². The minimum absolute atomic E-state index is 0.0672. The van der Waals surface area contributed by atoms with E-state index in [0.29, 0.717) is 13.0 Å². The highest BCUT2D eigenvalue weighted by atomic mass is 32.2. The van der Waals surface area contributed by atoms with Crippen LogP contribution in [0.5, 0.6) is 5.75 Å². The molecular formula is C25H28N2O5S. The first kappa shape index (κ1) is 24.4. The average molecular weight is 469 g/mol. The van der Waals surface area contributed by atoms with Gasteiger partial charge in [0.05, 0.1) is 21.5 Å². The summed E-state index contributed by atoms with van der Waals surface area (Å²) in [5.74, 6) is -1.28. The Bertz CT molecular complexity index is 1220. The van der Waals surface area contributed by atoms with Gasteiger partial charge in [-0.1, -0.05) is 42.5 Å². The van der Waals surface area contributed by atoms with E-state index >= 15 is 0 Å². The number of nitrogens with two attached hydrogens (primary N) is 1. The highest BCUT2D eigenvalue weighted by molar-refractivity contribution is 7.91. The number of sulfone groups is 1. The molecule has 3 aromatic carbocycles. The molecule has 33 heavy (non-hydrogen) atoms. The summed E-state index contributed by atoms with van der Waals surface area (Å²) in [6.07, 6.45) is -0.0199. The Kier molecular flexibility index (Phi) is 7.22. The van der Waals surface area contributed by atoms with Crippen LogP contribution < -0.4 is 11.1 Å². The maximum atomic E-state index is 13.0. The Labute approximate surface area is 193 Å². The van der Waals surface area contributed by atoms with Crippen LogP contribution in [-0.2, 0) is 16.3 Å². The molecule has 0 aliphatic heterocycles. The lowest BCUT2D eigenvalue weighted by Gasteiger charge is -2.28. The van der Waals surface area contributed by atoms with Crippen LogP contribution in [0.1, 0.15) is 41.4 Å². The van der Waals surface area contributed by atoms with E-state index in [1.165, 1.54) is 18.2 Å². The number of amides is 1. The largest absolute Gasteiger partial charge is 0.507 e. The number of rotatable bonds is 9. The zero-order chi connectivity index (χ0) is 24.2. The highest BCUT2D eigenvalue weighted by Crippen LogP contribution is 2.27. The van der Waals surface area contributed by atoms with Crippen molar-refractivity contribution in [1.29, 1.82) is 0 Å². The normalized spacial score (nSPS) is 12.9. The van der Waals surface area contributed by atoms with Gasteiger partial charge in [0, 0.05) is 12.1 Å². The van der Waals surface area contributed by atoms with E-state index in [2.05, 4.69) is 5.32 Å². The predicted octanol–water partition coefficient (Wildman–Crippen LogP) is 2.97. The summed E-state index contributed by atoms with van der Waals surface area (Å²) in [6, 6.07) is 19.3. The van der Waals surface area contributed by atoms with E-state index in [0.717, 1.165) is 23.3 Å². The van der Waals surface area contributed by atoms with Crippen molar-refractivity contribution in [3.63, 3.8) is 0 Å². The monoisotopic (exact) mass is 468 g/mol. The number of phenols is 1. The topological polar surface area (TPSA) is 130 Å². The third kappa shape index (κ3) is 5.98. The minimum atomic E-state index is -3.89. The predicted molar refractivity (Wildman–Crippen MR) is 126 cm³/mol. The molecule has 0 bridgehead atoms. The molecule has 0 saturated carbocycles. The van der Waals surface area contributed by atoms with Crippen LogP contribution >= 0.6 is 0 Å². The van der Waals surface area contributed by atoms with E-state index in [1.807, 2.05) is 44.2 Å². The Morgan fingerprint density at radius 3 is 2.21 bits per heavy atom. The SMILES string of the molecule is CC(C)(Cc1ccc(S(=O)(=O)c2ccc(O)c(C(N)=O)c2)cc1)NC[C@H](O)c1ccccc1. The molecule has 0 aliphatic carbocycles. The summed E-state index contributed by atoms with van der Waals surface area (Å²) < 4.78 is 25.9. The van der Waals surface area contributed by atoms with Crippen molar-refractivity contribution in [1.82, 2.24) is 5.32 Å². The number of aliphatic hydroxyl groups is 1. The van der Waals surface area contributed by atoms with Gasteiger partial charge in [0.2, 0.25) is 9.84 Å². The van der Waals surface area contributed by atoms with Crippen LogP contribution in [-0.4, -0.2) is 36.6 Å². The van der Waals surface area contributed by atoms with Crippen molar-refractivity contribution < 1.29 is 23.4 Å². The second-order valence-corrected chi connectivity index (χ2v) is 10.5. The number of primary amides is 1. The molecular weight excluding hydrogens is 440 g/mol. The zero-order valence-corrected chi connectivity index (χ0v) is 19.3. The second kappa shape index (κ2) is 9.74. The summed E-state index contributed by atoms with van der Waals surface area (Å²) in [5, 5.41) is 23.5. The van der Waals surface area contributed by atoms with Gasteiger partial charge in [-0.15, -0.1) is 0 Å². The van der Waals surface area contributed by atoms with Gasteiger partial charge in [0.15, 0.2) is 0 Å². The first-order chi connectivity index (χ1) is 15.5. The molecule has 0 heterocycles. The van der Waals surface area contributed by atoms with Gasteiger partial charge in [-0.2, -0.15) is 0 Å². The van der Waals surface area contributed by atoms with E-state index in [4.69, 9.17) is 5.73 Å². The van der Waals surface area contributed by atoms with E-state index < -0.39 is 21.8 Å². The number of hydrogen-bond acceptors (Lipinski definition) is 6. The minimum Gasteiger partial charge on any atom is -0.507 e. The van der Waals surface area contributed by atoms with Gasteiger partial charge in [-0.25, -0.2) is 8.42 Å². The van der Waals surface area contributed by atoms with Crippen molar-refractivity contribution in [2.75, 3.05) is 6.54 Å². The first-order valence-corrected chi connectivity index (χ1v) is 11.9. The fourth-order valence-corrected chi connectivity index (χ4v) is 4.83. The molecule has 0 spiro atoms. The molecule has 8 heteroatoms. The lowest BCUT2D eigenvalue weighted by molar-refractivity contribution is 0.0997. The zero-order valence-electron chi connectivity index (χ0n) is 18.5. The van der Waals surface area contributed by atoms with Crippen LogP contribution in [0.25, 0.3) is 0 Å². The summed E-state index contributed by atoms with van der Waals surface area (Å²) >= 11 is 0. The molecule has 0 radical (unpaired) electrons. The lowest BCUT2D eigenvalue weighted by atomic mass is 9.94. The molecule has 0 aliphatic rings. The van der Waals surface area contributed by atoms with E-state index in [-0.39, 0.29) is 26.6 Å². The Balaban J connectivity index is 1.70. The molecule has 0 unspecified atom stereocenters. The third-order valence-corrected chi connectivity index (χ3v) is 7.15. The maximum Gasteiger partial charge on any atom is 0.252 e. The molecule has 3 aromatic rings. The number of aliphatic hydroxyl groups excluding tert-OH is 1. The molecule has 0 aromatic heterocycles. The molecule has 5 N–H and O–H groups in total. The quantitative estimate of drug-likeness (QED) is 0.382. The number of benzene rings is 3. The van der Waals surface area contributed by atoms with Gasteiger partial charge in [0.1, 0.15) is 5.75 Å². The average Bonchev–Trinajstić information content (AvgIpc) is 2.78. The number of β-amino-alcohol motifs (C(OH)–C–C–N with tert-alkyl or cyclic N) is 1. The van der Waals surface area contributed by atoms with Gasteiger partial charge >= 0.3 is 0 Å². The van der Waals surface area contributed by atoms with Gasteiger partial charge in [0.25, 0.3) is 5.91 Å². The van der Waals surface area contributed by atoms with Gasteiger partial charge in [-0.3, -0.25) is 4.79 Å². The third-order valence-electron chi connectivity index (χ3n) is 5.38. The standard InChI is InChI=1S/C25H28N2O5S/c1-25(2,27-16-23(29)18-6-4-3-5-7-18)15-17-8-10-19(11-9-17)33(31,32)20-12-13-22(28)21(14-20)24(26)30/h3-14,23,27-29H,15-16H2,1-2H3,(H2,26,30)/t23-/m0/s1. The summed E-state index contributed by atoms with van der Waals surface area (Å²) in [5.41, 5.74) is 6.37. The van der Waals surface area contributed by atoms with Gasteiger partial charge in [-0.05, 0) is 61.7 Å². The second-order valence-electron chi connectivity index (χ2n) is 8.56. The van der Waals surface area contributed by atoms with Crippen molar-refractivity contribution in [3.8, 4) is 5.75 Å². The Morgan fingerprint density at radius 2 is 1.61 bits per heavy atom. The van der Waals surface area contributed by atoms with Crippen LogP contribution in [0.15, 0.2) is 82.6 Å². The molecule has 7 nitrogen and oxygen atoms in total.